The third kappa shape index (κ3) is 3.17. The molecule has 0 aliphatic heterocycles. The molecule has 1 amide bonds. The molecule has 0 radical (unpaired) electrons. The first-order chi connectivity index (χ1) is 13.0. The van der Waals surface area contributed by atoms with Gasteiger partial charge in [-0.2, -0.15) is 5.10 Å². The van der Waals surface area contributed by atoms with Gasteiger partial charge in [0.25, 0.3) is 5.91 Å². The number of fused-ring (bicyclic) bond motifs is 1. The van der Waals surface area contributed by atoms with Crippen molar-refractivity contribution in [2.24, 2.45) is 7.05 Å². The number of amides is 1. The van der Waals surface area contributed by atoms with Crippen LogP contribution >= 0.6 is 0 Å². The van der Waals surface area contributed by atoms with E-state index in [-0.39, 0.29) is 5.91 Å². The number of aromatic nitrogens is 4. The summed E-state index contributed by atoms with van der Waals surface area (Å²) in [5.41, 5.74) is 4.93. The van der Waals surface area contributed by atoms with Crippen molar-refractivity contribution in [3.63, 3.8) is 0 Å². The van der Waals surface area contributed by atoms with Crippen LogP contribution in [0.3, 0.4) is 0 Å². The van der Waals surface area contributed by atoms with Gasteiger partial charge in [0.2, 0.25) is 0 Å². The van der Waals surface area contributed by atoms with Crippen molar-refractivity contribution in [3.8, 4) is 11.3 Å². The van der Waals surface area contributed by atoms with Crippen LogP contribution in [0.25, 0.3) is 22.2 Å². The first-order valence-corrected chi connectivity index (χ1v) is 8.65. The van der Waals surface area contributed by atoms with Crippen LogP contribution in [-0.4, -0.2) is 25.7 Å². The minimum atomic E-state index is -0.212. The highest BCUT2D eigenvalue weighted by Gasteiger charge is 2.16. The number of pyridine rings is 2. The van der Waals surface area contributed by atoms with Crippen LogP contribution in [0.1, 0.15) is 21.6 Å². The SMILES string of the molecule is Cc1cccc2c(C(=O)Nc3cc(C)n(C)n3)cc(-c3cccnc3)nc12. The normalized spacial score (nSPS) is 10.9. The molecule has 1 aromatic carbocycles. The van der Waals surface area contributed by atoms with E-state index in [0.717, 1.165) is 27.7 Å². The third-order valence-corrected chi connectivity index (χ3v) is 4.60. The third-order valence-electron chi connectivity index (χ3n) is 4.60. The summed E-state index contributed by atoms with van der Waals surface area (Å²) in [5, 5.41) is 8.02. The maximum atomic E-state index is 13.0. The van der Waals surface area contributed by atoms with Crippen LogP contribution < -0.4 is 5.32 Å². The molecule has 0 atom stereocenters. The number of rotatable bonds is 3. The Morgan fingerprint density at radius 1 is 1.11 bits per heavy atom. The van der Waals surface area contributed by atoms with Crippen LogP contribution in [0, 0.1) is 13.8 Å². The first kappa shape index (κ1) is 16.9. The van der Waals surface area contributed by atoms with Gasteiger partial charge in [-0.1, -0.05) is 18.2 Å². The average Bonchev–Trinajstić information content (AvgIpc) is 2.99. The predicted octanol–water partition coefficient (Wildman–Crippen LogP) is 3.90. The van der Waals surface area contributed by atoms with Crippen LogP contribution in [0.4, 0.5) is 5.82 Å². The zero-order valence-electron chi connectivity index (χ0n) is 15.4. The second kappa shape index (κ2) is 6.64. The number of nitrogens with one attached hydrogen (secondary N) is 1. The maximum absolute atomic E-state index is 13.0. The Balaban J connectivity index is 1.85. The van der Waals surface area contributed by atoms with Crippen molar-refractivity contribution < 1.29 is 4.79 Å². The molecule has 4 rings (SSSR count). The van der Waals surface area contributed by atoms with Crippen molar-refractivity contribution in [2.75, 3.05) is 5.32 Å². The fourth-order valence-electron chi connectivity index (χ4n) is 3.05. The minimum absolute atomic E-state index is 0.212. The molecule has 134 valence electrons. The van der Waals surface area contributed by atoms with Crippen LogP contribution in [0.5, 0.6) is 0 Å². The van der Waals surface area contributed by atoms with E-state index in [9.17, 15) is 4.79 Å². The number of nitrogens with zero attached hydrogens (tertiary/aromatic N) is 4. The van der Waals surface area contributed by atoms with Gasteiger partial charge in [0.05, 0.1) is 16.8 Å². The Morgan fingerprint density at radius 3 is 2.67 bits per heavy atom. The summed E-state index contributed by atoms with van der Waals surface area (Å²) in [7, 11) is 1.84. The van der Waals surface area contributed by atoms with E-state index in [2.05, 4.69) is 15.4 Å². The molecular weight excluding hydrogens is 338 g/mol. The second-order valence-electron chi connectivity index (χ2n) is 6.52. The Labute approximate surface area is 156 Å². The van der Waals surface area contributed by atoms with E-state index in [1.54, 1.807) is 17.1 Å². The molecule has 0 bridgehead atoms. The number of carbonyl (C=O) groups is 1. The number of hydrogen-bond donors (Lipinski definition) is 1. The van der Waals surface area contributed by atoms with Gasteiger partial charge in [-0.15, -0.1) is 0 Å². The molecule has 0 aliphatic carbocycles. The fourth-order valence-corrected chi connectivity index (χ4v) is 3.05. The lowest BCUT2D eigenvalue weighted by atomic mass is 10.0. The largest absolute Gasteiger partial charge is 0.305 e. The quantitative estimate of drug-likeness (QED) is 0.603. The number of carbonyl (C=O) groups excluding carboxylic acids is 1. The molecule has 0 unspecified atom stereocenters. The highest BCUT2D eigenvalue weighted by molar-refractivity contribution is 6.13. The number of aryl methyl sites for hydroxylation is 3. The number of anilines is 1. The average molecular weight is 357 g/mol. The Bertz CT molecular complexity index is 1130. The topological polar surface area (TPSA) is 72.7 Å². The van der Waals surface area contributed by atoms with Crippen LogP contribution in [0.15, 0.2) is 54.9 Å². The molecule has 27 heavy (non-hydrogen) atoms. The smallest absolute Gasteiger partial charge is 0.257 e. The van der Waals surface area contributed by atoms with E-state index in [1.807, 2.05) is 63.4 Å². The first-order valence-electron chi connectivity index (χ1n) is 8.65. The van der Waals surface area contributed by atoms with Crippen molar-refractivity contribution in [1.29, 1.82) is 0 Å². The van der Waals surface area contributed by atoms with Gasteiger partial charge < -0.3 is 5.32 Å². The summed E-state index contributed by atoms with van der Waals surface area (Å²) in [4.78, 5) is 22.0. The summed E-state index contributed by atoms with van der Waals surface area (Å²) in [6, 6.07) is 13.3. The van der Waals surface area contributed by atoms with E-state index < -0.39 is 0 Å². The van der Waals surface area contributed by atoms with Gasteiger partial charge in [0.1, 0.15) is 0 Å². The van der Waals surface area contributed by atoms with Crippen molar-refractivity contribution in [3.05, 3.63) is 71.7 Å². The maximum Gasteiger partial charge on any atom is 0.257 e. The molecule has 1 N–H and O–H groups in total. The lowest BCUT2D eigenvalue weighted by Gasteiger charge is -2.11. The molecular formula is C21H19N5O. The highest BCUT2D eigenvalue weighted by atomic mass is 16.1. The standard InChI is InChI=1S/C21H19N5O/c1-13-6-4-8-16-17(21(27)24-19-10-14(2)26(3)25-19)11-18(23-20(13)16)15-7-5-9-22-12-15/h4-12H,1-3H3,(H,24,25,27). The summed E-state index contributed by atoms with van der Waals surface area (Å²) in [6.07, 6.45) is 3.46. The molecule has 0 spiro atoms. The lowest BCUT2D eigenvalue weighted by molar-refractivity contribution is 0.102. The van der Waals surface area contributed by atoms with Gasteiger partial charge in [0.15, 0.2) is 5.82 Å². The number of para-hydroxylation sites is 1. The molecule has 0 saturated carbocycles. The molecule has 6 nitrogen and oxygen atoms in total. The number of benzene rings is 1. The summed E-state index contributed by atoms with van der Waals surface area (Å²) in [6.45, 7) is 3.93. The second-order valence-corrected chi connectivity index (χ2v) is 6.52. The van der Waals surface area contributed by atoms with Crippen molar-refractivity contribution in [2.45, 2.75) is 13.8 Å². The monoisotopic (exact) mass is 357 g/mol. The Hall–Kier alpha value is -3.54. The van der Waals surface area contributed by atoms with E-state index in [4.69, 9.17) is 4.98 Å². The van der Waals surface area contributed by atoms with Gasteiger partial charge in [0, 0.05) is 42.2 Å². The summed E-state index contributed by atoms with van der Waals surface area (Å²) < 4.78 is 1.73. The van der Waals surface area contributed by atoms with Crippen LogP contribution in [0.2, 0.25) is 0 Å². The van der Waals surface area contributed by atoms with E-state index >= 15 is 0 Å². The predicted molar refractivity (Wildman–Crippen MR) is 106 cm³/mol. The molecule has 0 aliphatic rings. The number of hydrogen-bond acceptors (Lipinski definition) is 4. The molecule has 6 heteroatoms. The zero-order chi connectivity index (χ0) is 19.0. The van der Waals surface area contributed by atoms with E-state index in [1.165, 1.54) is 0 Å². The highest BCUT2D eigenvalue weighted by Crippen LogP contribution is 2.27. The lowest BCUT2D eigenvalue weighted by Crippen LogP contribution is -2.14. The Kier molecular flexibility index (Phi) is 4.16. The minimum Gasteiger partial charge on any atom is -0.305 e. The molecule has 0 saturated heterocycles. The molecule has 4 aromatic rings. The Morgan fingerprint density at radius 2 is 1.96 bits per heavy atom. The van der Waals surface area contributed by atoms with E-state index in [0.29, 0.717) is 17.1 Å². The zero-order valence-corrected chi connectivity index (χ0v) is 15.4. The molecule has 0 fully saturated rings. The van der Waals surface area contributed by atoms with Gasteiger partial charge in [-0.05, 0) is 37.6 Å². The summed E-state index contributed by atoms with van der Waals surface area (Å²) >= 11 is 0. The summed E-state index contributed by atoms with van der Waals surface area (Å²) in [5.74, 6) is 0.316. The molecule has 3 aromatic heterocycles. The van der Waals surface area contributed by atoms with Crippen LogP contribution in [-0.2, 0) is 7.05 Å². The van der Waals surface area contributed by atoms with Gasteiger partial charge >= 0.3 is 0 Å². The fraction of sp³-hybridized carbons (Fsp3) is 0.143. The van der Waals surface area contributed by atoms with Crippen molar-refractivity contribution in [1.82, 2.24) is 19.7 Å². The van der Waals surface area contributed by atoms with Crippen molar-refractivity contribution >= 4 is 22.6 Å². The molecule has 3 heterocycles. The van der Waals surface area contributed by atoms with Gasteiger partial charge in [-0.3, -0.25) is 14.5 Å². The van der Waals surface area contributed by atoms with Gasteiger partial charge in [-0.25, -0.2) is 4.98 Å².